The summed E-state index contributed by atoms with van der Waals surface area (Å²) in [5.41, 5.74) is 6.43. The fourth-order valence-corrected chi connectivity index (χ4v) is 4.75. The van der Waals surface area contributed by atoms with Gasteiger partial charge < -0.3 is 4.57 Å². The van der Waals surface area contributed by atoms with E-state index < -0.39 is 0 Å². The maximum absolute atomic E-state index is 13.5. The highest BCUT2D eigenvalue weighted by Crippen LogP contribution is 2.35. The van der Waals surface area contributed by atoms with E-state index in [0.717, 1.165) is 59.7 Å². The topological polar surface area (TPSA) is 72.6 Å². The van der Waals surface area contributed by atoms with E-state index >= 15 is 0 Å². The normalized spacial score (nSPS) is 16.3. The second kappa shape index (κ2) is 8.72. The van der Waals surface area contributed by atoms with Crippen molar-refractivity contribution < 1.29 is 4.39 Å². The van der Waals surface area contributed by atoms with Crippen molar-refractivity contribution in [3.05, 3.63) is 91.2 Å². The average molecular weight is 452 g/mol. The van der Waals surface area contributed by atoms with Crippen LogP contribution in [-0.2, 0) is 6.54 Å². The lowest BCUT2D eigenvalue weighted by Gasteiger charge is -2.19. The number of halogens is 1. The minimum Gasteiger partial charge on any atom is -0.324 e. The lowest BCUT2D eigenvalue weighted by molar-refractivity contribution is 0.317. The van der Waals surface area contributed by atoms with Crippen LogP contribution >= 0.6 is 0 Å². The van der Waals surface area contributed by atoms with E-state index in [0.29, 0.717) is 0 Å². The van der Waals surface area contributed by atoms with E-state index in [1.54, 1.807) is 37.1 Å². The van der Waals surface area contributed by atoms with Gasteiger partial charge in [0.1, 0.15) is 12.1 Å². The van der Waals surface area contributed by atoms with Crippen molar-refractivity contribution in [3.63, 3.8) is 0 Å². The van der Waals surface area contributed by atoms with Gasteiger partial charge in [0.25, 0.3) is 0 Å². The lowest BCUT2D eigenvalue weighted by Crippen LogP contribution is -2.21. The molecule has 0 spiro atoms. The summed E-state index contributed by atoms with van der Waals surface area (Å²) >= 11 is 0. The largest absolute Gasteiger partial charge is 0.324 e. The summed E-state index contributed by atoms with van der Waals surface area (Å²) in [6, 6.07) is 14.7. The number of aromatic nitrogens is 6. The van der Waals surface area contributed by atoms with Gasteiger partial charge in [-0.05, 0) is 48.4 Å². The molecule has 1 unspecified atom stereocenters. The summed E-state index contributed by atoms with van der Waals surface area (Å²) in [5.74, 6) is -0.267. The molecule has 0 amide bonds. The van der Waals surface area contributed by atoms with E-state index in [4.69, 9.17) is 4.98 Å². The first kappa shape index (κ1) is 20.6. The summed E-state index contributed by atoms with van der Waals surface area (Å²) in [4.78, 5) is 24.7. The third kappa shape index (κ3) is 3.82. The Morgan fingerprint density at radius 3 is 2.65 bits per heavy atom. The molecule has 1 saturated heterocycles. The van der Waals surface area contributed by atoms with Crippen LogP contribution in [0.1, 0.15) is 18.0 Å². The maximum atomic E-state index is 13.5. The molecular formula is C26H22FN7. The number of rotatable bonds is 5. The zero-order chi connectivity index (χ0) is 22.9. The van der Waals surface area contributed by atoms with Crippen LogP contribution in [0.5, 0.6) is 0 Å². The molecule has 1 atom stereocenters. The number of nitrogens with zero attached hydrogens (tertiary/aromatic N) is 7. The van der Waals surface area contributed by atoms with Crippen LogP contribution in [0.4, 0.5) is 4.39 Å². The smallest absolute Gasteiger partial charge is 0.123 e. The van der Waals surface area contributed by atoms with Gasteiger partial charge in [0, 0.05) is 49.8 Å². The molecule has 2 aromatic carbocycles. The Morgan fingerprint density at radius 2 is 1.79 bits per heavy atom. The number of para-hydroxylation sites is 1. The van der Waals surface area contributed by atoms with Crippen LogP contribution < -0.4 is 0 Å². The molecule has 0 N–H and O–H groups in total. The van der Waals surface area contributed by atoms with Gasteiger partial charge >= 0.3 is 0 Å². The van der Waals surface area contributed by atoms with Gasteiger partial charge in [-0.1, -0.05) is 12.1 Å². The van der Waals surface area contributed by atoms with Crippen LogP contribution in [0.15, 0.2) is 79.8 Å². The van der Waals surface area contributed by atoms with Gasteiger partial charge in [-0.3, -0.25) is 14.9 Å². The molecule has 6 rings (SSSR count). The van der Waals surface area contributed by atoms with E-state index in [9.17, 15) is 4.39 Å². The van der Waals surface area contributed by atoms with E-state index in [1.165, 1.54) is 17.7 Å². The fraction of sp³-hybridized carbons (Fsp3) is 0.192. The fourth-order valence-electron chi connectivity index (χ4n) is 4.75. The van der Waals surface area contributed by atoms with Gasteiger partial charge in [0.05, 0.1) is 34.4 Å². The van der Waals surface area contributed by atoms with Crippen molar-refractivity contribution in [1.82, 2.24) is 34.4 Å². The summed E-state index contributed by atoms with van der Waals surface area (Å²) in [6.45, 7) is 2.66. The van der Waals surface area contributed by atoms with Gasteiger partial charge in [-0.15, -0.1) is 0 Å². The van der Waals surface area contributed by atoms with Crippen molar-refractivity contribution >= 4 is 11.0 Å². The van der Waals surface area contributed by atoms with Crippen LogP contribution in [0.25, 0.3) is 33.7 Å². The summed E-state index contributed by atoms with van der Waals surface area (Å²) < 4.78 is 15.7. The van der Waals surface area contributed by atoms with Gasteiger partial charge in [-0.25, -0.2) is 19.3 Å². The molecule has 0 bridgehead atoms. The molecule has 7 nitrogen and oxygen atoms in total. The first-order valence-electron chi connectivity index (χ1n) is 11.3. The maximum Gasteiger partial charge on any atom is 0.123 e. The first-order chi connectivity index (χ1) is 16.8. The second-order valence-corrected chi connectivity index (χ2v) is 8.47. The van der Waals surface area contributed by atoms with Crippen molar-refractivity contribution in [2.45, 2.75) is 19.0 Å². The number of hydrogen-bond acceptors (Lipinski definition) is 6. The molecule has 0 radical (unpaired) electrons. The number of hydrogen-bond donors (Lipinski definition) is 0. The molecule has 5 aromatic rings. The SMILES string of the molecule is Fc1ccc(-c2ncn(C3CCN(Cc4cccc5nccnc45)C3)c2-c2ccncn2)cc1. The molecule has 4 heterocycles. The molecule has 1 fully saturated rings. The van der Waals surface area contributed by atoms with Gasteiger partial charge in [0.2, 0.25) is 0 Å². The van der Waals surface area contributed by atoms with Crippen molar-refractivity contribution in [3.8, 4) is 22.6 Å². The van der Waals surface area contributed by atoms with Crippen LogP contribution in [0.3, 0.4) is 0 Å². The number of fused-ring (bicyclic) bond motifs is 1. The minimum absolute atomic E-state index is 0.243. The molecule has 0 saturated carbocycles. The quantitative estimate of drug-likeness (QED) is 0.391. The molecule has 34 heavy (non-hydrogen) atoms. The van der Waals surface area contributed by atoms with Crippen molar-refractivity contribution in [2.24, 2.45) is 0 Å². The van der Waals surface area contributed by atoms with E-state index in [-0.39, 0.29) is 11.9 Å². The van der Waals surface area contributed by atoms with Crippen LogP contribution in [0, 0.1) is 5.82 Å². The van der Waals surface area contributed by atoms with Crippen LogP contribution in [0.2, 0.25) is 0 Å². The minimum atomic E-state index is -0.267. The monoisotopic (exact) mass is 451 g/mol. The van der Waals surface area contributed by atoms with Gasteiger partial charge in [-0.2, -0.15) is 0 Å². The Morgan fingerprint density at radius 1 is 0.912 bits per heavy atom. The average Bonchev–Trinajstić information content (AvgIpc) is 3.53. The first-order valence-corrected chi connectivity index (χ1v) is 11.3. The van der Waals surface area contributed by atoms with Crippen molar-refractivity contribution in [2.75, 3.05) is 13.1 Å². The Labute approximate surface area is 196 Å². The lowest BCUT2D eigenvalue weighted by atomic mass is 10.1. The van der Waals surface area contributed by atoms with Crippen molar-refractivity contribution in [1.29, 1.82) is 0 Å². The predicted octanol–water partition coefficient (Wildman–Crippen LogP) is 4.54. The van der Waals surface area contributed by atoms with Gasteiger partial charge in [0.15, 0.2) is 0 Å². The summed E-state index contributed by atoms with van der Waals surface area (Å²) in [6.07, 6.45) is 9.63. The number of benzene rings is 2. The highest BCUT2D eigenvalue weighted by Gasteiger charge is 2.28. The molecule has 168 valence electrons. The second-order valence-electron chi connectivity index (χ2n) is 8.47. The van der Waals surface area contributed by atoms with Crippen LogP contribution in [-0.4, -0.2) is 47.5 Å². The molecule has 3 aromatic heterocycles. The standard InChI is InChI=1S/C26H22FN7/c27-20-6-4-18(5-7-20)25-26(23-8-10-28-16-31-23)34(17-32-25)21-9-13-33(15-21)14-19-2-1-3-22-24(19)30-12-11-29-22/h1-8,10-12,16-17,21H,9,13-15H2. The van der Waals surface area contributed by atoms with E-state index in [2.05, 4.69) is 35.5 Å². The Balaban J connectivity index is 1.32. The third-order valence-corrected chi connectivity index (χ3v) is 6.35. The molecular weight excluding hydrogens is 429 g/mol. The number of likely N-dealkylation sites (tertiary alicyclic amines) is 1. The highest BCUT2D eigenvalue weighted by atomic mass is 19.1. The van der Waals surface area contributed by atoms with E-state index in [1.807, 2.05) is 24.5 Å². The molecule has 0 aliphatic carbocycles. The number of imidazole rings is 1. The zero-order valence-electron chi connectivity index (χ0n) is 18.4. The molecule has 1 aliphatic rings. The Kier molecular flexibility index (Phi) is 5.27. The molecule has 1 aliphatic heterocycles. The zero-order valence-corrected chi connectivity index (χ0v) is 18.4. The molecule has 8 heteroatoms. The predicted molar refractivity (Wildman–Crippen MR) is 127 cm³/mol. The highest BCUT2D eigenvalue weighted by molar-refractivity contribution is 5.78. The summed E-state index contributed by atoms with van der Waals surface area (Å²) in [5, 5.41) is 0. The summed E-state index contributed by atoms with van der Waals surface area (Å²) in [7, 11) is 0. The Bertz CT molecular complexity index is 1430. The third-order valence-electron chi connectivity index (χ3n) is 6.35. The Hall–Kier alpha value is -4.04.